The lowest BCUT2D eigenvalue weighted by Crippen LogP contribution is -2.29. The van der Waals surface area contributed by atoms with Crippen molar-refractivity contribution in [2.45, 2.75) is 39.0 Å². The maximum absolute atomic E-state index is 11.1. The maximum atomic E-state index is 11.1. The minimum Gasteiger partial charge on any atom is -0.303 e. The first-order valence-electron chi connectivity index (χ1n) is 4.87. The standard InChI is InChI=1S/C11H17ClO/c1-9-4-3-5-11(6-9,8-13)7-10(2)12/h8-9H,2-7H2,1H3. The van der Waals surface area contributed by atoms with E-state index in [0.717, 1.165) is 25.5 Å². The largest absolute Gasteiger partial charge is 0.303 e. The summed E-state index contributed by atoms with van der Waals surface area (Å²) >= 11 is 5.77. The van der Waals surface area contributed by atoms with Gasteiger partial charge in [-0.2, -0.15) is 0 Å². The molecule has 2 heteroatoms. The van der Waals surface area contributed by atoms with Gasteiger partial charge in [-0.1, -0.05) is 37.9 Å². The van der Waals surface area contributed by atoms with Crippen LogP contribution in [0.1, 0.15) is 39.0 Å². The van der Waals surface area contributed by atoms with Gasteiger partial charge in [0.15, 0.2) is 0 Å². The predicted molar refractivity (Wildman–Crippen MR) is 55.7 cm³/mol. The molecule has 0 amide bonds. The van der Waals surface area contributed by atoms with E-state index in [1.165, 1.54) is 6.42 Å². The number of hydrogen-bond donors (Lipinski definition) is 0. The third-order valence-electron chi connectivity index (χ3n) is 2.92. The quantitative estimate of drug-likeness (QED) is 0.638. The fourth-order valence-corrected chi connectivity index (χ4v) is 2.66. The summed E-state index contributed by atoms with van der Waals surface area (Å²) in [4.78, 5) is 11.1. The van der Waals surface area contributed by atoms with Crippen molar-refractivity contribution >= 4 is 17.9 Å². The van der Waals surface area contributed by atoms with Crippen LogP contribution >= 0.6 is 11.6 Å². The van der Waals surface area contributed by atoms with Gasteiger partial charge >= 0.3 is 0 Å². The summed E-state index contributed by atoms with van der Waals surface area (Å²) in [5.74, 6) is 0.648. The van der Waals surface area contributed by atoms with E-state index in [1.807, 2.05) is 0 Å². The van der Waals surface area contributed by atoms with Crippen LogP contribution in [0.15, 0.2) is 11.6 Å². The average molecular weight is 201 g/mol. The van der Waals surface area contributed by atoms with Gasteiger partial charge in [-0.3, -0.25) is 0 Å². The molecule has 0 aliphatic heterocycles. The van der Waals surface area contributed by atoms with E-state index in [2.05, 4.69) is 13.5 Å². The van der Waals surface area contributed by atoms with Gasteiger partial charge in [0.1, 0.15) is 6.29 Å². The molecule has 1 aliphatic rings. The van der Waals surface area contributed by atoms with Crippen LogP contribution < -0.4 is 0 Å². The highest BCUT2D eigenvalue weighted by Crippen LogP contribution is 2.42. The van der Waals surface area contributed by atoms with Crippen LogP contribution in [0.2, 0.25) is 0 Å². The summed E-state index contributed by atoms with van der Waals surface area (Å²) in [5, 5.41) is 0.612. The molecule has 0 aromatic rings. The Hall–Kier alpha value is -0.300. The molecule has 2 unspecified atom stereocenters. The molecule has 0 aromatic heterocycles. The van der Waals surface area contributed by atoms with E-state index in [9.17, 15) is 4.79 Å². The van der Waals surface area contributed by atoms with Gasteiger partial charge < -0.3 is 4.79 Å². The van der Waals surface area contributed by atoms with Gasteiger partial charge in [-0.25, -0.2) is 0 Å². The highest BCUT2D eigenvalue weighted by atomic mass is 35.5. The highest BCUT2D eigenvalue weighted by molar-refractivity contribution is 6.29. The van der Waals surface area contributed by atoms with Crippen molar-refractivity contribution in [3.8, 4) is 0 Å². The minimum absolute atomic E-state index is 0.198. The van der Waals surface area contributed by atoms with Crippen LogP contribution in [0, 0.1) is 11.3 Å². The lowest BCUT2D eigenvalue weighted by molar-refractivity contribution is -0.118. The number of rotatable bonds is 3. The topological polar surface area (TPSA) is 17.1 Å². The second kappa shape index (κ2) is 4.28. The molecule has 13 heavy (non-hydrogen) atoms. The van der Waals surface area contributed by atoms with Crippen LogP contribution in [0.5, 0.6) is 0 Å². The van der Waals surface area contributed by atoms with Crippen LogP contribution in [0.3, 0.4) is 0 Å². The molecule has 0 radical (unpaired) electrons. The third-order valence-corrected chi connectivity index (χ3v) is 3.05. The Morgan fingerprint density at radius 2 is 2.46 bits per heavy atom. The molecular weight excluding hydrogens is 184 g/mol. The molecule has 2 atom stereocenters. The Bertz CT molecular complexity index is 212. The van der Waals surface area contributed by atoms with Gasteiger partial charge in [0.25, 0.3) is 0 Å². The summed E-state index contributed by atoms with van der Waals surface area (Å²) in [6.45, 7) is 5.88. The zero-order valence-corrected chi connectivity index (χ0v) is 8.94. The van der Waals surface area contributed by atoms with Crippen molar-refractivity contribution in [3.05, 3.63) is 11.6 Å². The minimum atomic E-state index is -0.198. The second-order valence-electron chi connectivity index (χ2n) is 4.38. The fourth-order valence-electron chi connectivity index (χ4n) is 2.39. The lowest BCUT2D eigenvalue weighted by Gasteiger charge is -2.35. The van der Waals surface area contributed by atoms with E-state index >= 15 is 0 Å². The number of hydrogen-bond acceptors (Lipinski definition) is 1. The summed E-state index contributed by atoms with van der Waals surface area (Å²) in [7, 11) is 0. The molecule has 1 saturated carbocycles. The first kappa shape index (κ1) is 10.8. The van der Waals surface area contributed by atoms with Crippen molar-refractivity contribution in [1.82, 2.24) is 0 Å². The Morgan fingerprint density at radius 1 is 1.77 bits per heavy atom. The first-order valence-corrected chi connectivity index (χ1v) is 5.25. The number of carbonyl (C=O) groups is 1. The molecule has 0 N–H and O–H groups in total. The van der Waals surface area contributed by atoms with Crippen molar-refractivity contribution in [1.29, 1.82) is 0 Å². The number of allylic oxidation sites excluding steroid dienone is 1. The fraction of sp³-hybridized carbons (Fsp3) is 0.727. The van der Waals surface area contributed by atoms with Gasteiger partial charge in [0.2, 0.25) is 0 Å². The number of carbonyl (C=O) groups excluding carboxylic acids is 1. The maximum Gasteiger partial charge on any atom is 0.126 e. The SMILES string of the molecule is C=C(Cl)CC1(C=O)CCCC(C)C1. The van der Waals surface area contributed by atoms with Gasteiger partial charge in [-0.15, -0.1) is 0 Å². The Morgan fingerprint density at radius 3 is 2.92 bits per heavy atom. The number of halogens is 1. The van der Waals surface area contributed by atoms with Crippen molar-refractivity contribution < 1.29 is 4.79 Å². The smallest absolute Gasteiger partial charge is 0.126 e. The normalized spacial score (nSPS) is 34.2. The molecule has 0 aromatic carbocycles. The van der Waals surface area contributed by atoms with Crippen molar-refractivity contribution in [2.24, 2.45) is 11.3 Å². The molecule has 0 saturated heterocycles. The monoisotopic (exact) mass is 200 g/mol. The summed E-state index contributed by atoms with van der Waals surface area (Å²) in [5.41, 5.74) is -0.198. The Balaban J connectivity index is 2.67. The molecule has 1 rings (SSSR count). The van der Waals surface area contributed by atoms with Gasteiger partial charge in [0.05, 0.1) is 0 Å². The molecule has 0 bridgehead atoms. The molecule has 0 heterocycles. The van der Waals surface area contributed by atoms with E-state index in [1.54, 1.807) is 0 Å². The van der Waals surface area contributed by atoms with E-state index in [-0.39, 0.29) is 5.41 Å². The average Bonchev–Trinajstić information content (AvgIpc) is 2.03. The zero-order valence-electron chi connectivity index (χ0n) is 8.18. The predicted octanol–water partition coefficient (Wildman–Crippen LogP) is 3.52. The van der Waals surface area contributed by atoms with Gasteiger partial charge in [0, 0.05) is 10.4 Å². The van der Waals surface area contributed by atoms with E-state index in [0.29, 0.717) is 17.4 Å². The zero-order chi connectivity index (χ0) is 9.90. The summed E-state index contributed by atoms with van der Waals surface area (Å²) in [6.07, 6.45) is 6.09. The van der Waals surface area contributed by atoms with Crippen LogP contribution in [0.25, 0.3) is 0 Å². The van der Waals surface area contributed by atoms with E-state index in [4.69, 9.17) is 11.6 Å². The Labute approximate surface area is 85.2 Å². The molecule has 74 valence electrons. The summed E-state index contributed by atoms with van der Waals surface area (Å²) < 4.78 is 0. The molecule has 1 aliphatic carbocycles. The second-order valence-corrected chi connectivity index (χ2v) is 4.91. The summed E-state index contributed by atoms with van der Waals surface area (Å²) in [6, 6.07) is 0. The molecule has 0 spiro atoms. The van der Waals surface area contributed by atoms with Crippen LogP contribution in [-0.2, 0) is 4.79 Å². The number of aldehydes is 1. The lowest BCUT2D eigenvalue weighted by atomic mass is 9.69. The Kier molecular flexibility index (Phi) is 3.55. The molecule has 1 nitrogen and oxygen atoms in total. The first-order chi connectivity index (χ1) is 6.08. The van der Waals surface area contributed by atoms with Crippen molar-refractivity contribution in [2.75, 3.05) is 0 Å². The molecular formula is C11H17ClO. The molecule has 1 fully saturated rings. The third kappa shape index (κ3) is 2.84. The van der Waals surface area contributed by atoms with E-state index < -0.39 is 0 Å². The highest BCUT2D eigenvalue weighted by Gasteiger charge is 2.34. The van der Waals surface area contributed by atoms with Crippen LogP contribution in [0.4, 0.5) is 0 Å². The van der Waals surface area contributed by atoms with Gasteiger partial charge in [-0.05, 0) is 25.2 Å². The van der Waals surface area contributed by atoms with Crippen molar-refractivity contribution in [3.63, 3.8) is 0 Å². The van der Waals surface area contributed by atoms with Crippen LogP contribution in [-0.4, -0.2) is 6.29 Å².